The number of nitrogens with zero attached hydrogens (tertiary/aromatic N) is 4. The lowest BCUT2D eigenvalue weighted by atomic mass is 10.1. The van der Waals surface area contributed by atoms with Gasteiger partial charge in [-0.1, -0.05) is 12.1 Å². The third-order valence-electron chi connectivity index (χ3n) is 4.94. The monoisotopic (exact) mass is 381 g/mol. The van der Waals surface area contributed by atoms with Gasteiger partial charge in [0.05, 0.1) is 12.7 Å². The first kappa shape index (κ1) is 20.0. The molecule has 1 aliphatic heterocycles. The van der Waals surface area contributed by atoms with Crippen LogP contribution >= 0.6 is 0 Å². The quantitative estimate of drug-likeness (QED) is 0.454. The molecule has 2 heterocycles. The van der Waals surface area contributed by atoms with Crippen molar-refractivity contribution >= 4 is 11.6 Å². The van der Waals surface area contributed by atoms with Gasteiger partial charge in [0.1, 0.15) is 12.4 Å². The van der Waals surface area contributed by atoms with Gasteiger partial charge in [-0.15, -0.1) is 0 Å². The summed E-state index contributed by atoms with van der Waals surface area (Å²) in [6, 6.07) is 12.7. The van der Waals surface area contributed by atoms with E-state index < -0.39 is 0 Å². The molecule has 0 bridgehead atoms. The zero-order valence-electron chi connectivity index (χ0n) is 17.0. The molecule has 3 rings (SSSR count). The maximum absolute atomic E-state index is 5.67. The Morgan fingerprint density at radius 3 is 2.64 bits per heavy atom. The van der Waals surface area contributed by atoms with Gasteiger partial charge in [0, 0.05) is 45.6 Å². The average Bonchev–Trinajstić information content (AvgIpc) is 2.75. The van der Waals surface area contributed by atoms with E-state index in [1.807, 2.05) is 12.1 Å². The smallest absolute Gasteiger partial charge is 0.193 e. The molecule has 1 N–H and O–H groups in total. The summed E-state index contributed by atoms with van der Waals surface area (Å²) < 4.78 is 5.67. The van der Waals surface area contributed by atoms with E-state index in [1.165, 1.54) is 43.6 Å². The highest BCUT2D eigenvalue weighted by atomic mass is 16.5. The van der Waals surface area contributed by atoms with Crippen LogP contribution in [0.1, 0.15) is 24.8 Å². The molecule has 150 valence electrons. The molecule has 0 atom stereocenters. The van der Waals surface area contributed by atoms with Gasteiger partial charge in [0.15, 0.2) is 5.96 Å². The van der Waals surface area contributed by atoms with Crippen molar-refractivity contribution < 1.29 is 4.74 Å². The lowest BCUT2D eigenvalue weighted by Crippen LogP contribution is -2.40. The first-order chi connectivity index (χ1) is 13.8. The van der Waals surface area contributed by atoms with E-state index in [-0.39, 0.29) is 0 Å². The largest absolute Gasteiger partial charge is 0.490 e. The average molecular weight is 382 g/mol. The summed E-state index contributed by atoms with van der Waals surface area (Å²) in [5.41, 5.74) is 2.61. The van der Waals surface area contributed by atoms with Crippen LogP contribution in [0.2, 0.25) is 0 Å². The molecule has 0 aliphatic carbocycles. The molecule has 1 aromatic carbocycles. The van der Waals surface area contributed by atoms with E-state index in [4.69, 9.17) is 4.74 Å². The highest BCUT2D eigenvalue weighted by Gasteiger charge is 2.11. The fourth-order valence-corrected chi connectivity index (χ4v) is 3.46. The predicted octanol–water partition coefficient (Wildman–Crippen LogP) is 3.16. The van der Waals surface area contributed by atoms with E-state index in [1.54, 1.807) is 19.4 Å². The summed E-state index contributed by atoms with van der Waals surface area (Å²) in [6.07, 6.45) is 7.42. The van der Waals surface area contributed by atoms with Crippen LogP contribution in [0.25, 0.3) is 0 Å². The van der Waals surface area contributed by atoms with Gasteiger partial charge in [-0.25, -0.2) is 0 Å². The lowest BCUT2D eigenvalue weighted by molar-refractivity contribution is 0.318. The summed E-state index contributed by atoms with van der Waals surface area (Å²) in [6.45, 7) is 4.40. The number of hydrogen-bond donors (Lipinski definition) is 1. The van der Waals surface area contributed by atoms with Gasteiger partial charge in [0.25, 0.3) is 0 Å². The lowest BCUT2D eigenvalue weighted by Gasteiger charge is -2.29. The number of nitrogens with one attached hydrogen (secondary N) is 1. The van der Waals surface area contributed by atoms with Crippen LogP contribution in [0, 0.1) is 0 Å². The normalized spacial score (nSPS) is 14.6. The van der Waals surface area contributed by atoms with E-state index in [9.17, 15) is 0 Å². The molecule has 0 amide bonds. The van der Waals surface area contributed by atoms with Crippen LogP contribution in [-0.2, 0) is 6.54 Å². The zero-order valence-corrected chi connectivity index (χ0v) is 17.0. The van der Waals surface area contributed by atoms with Crippen LogP contribution in [0.4, 0.5) is 5.69 Å². The summed E-state index contributed by atoms with van der Waals surface area (Å²) >= 11 is 0. The predicted molar refractivity (Wildman–Crippen MR) is 115 cm³/mol. The summed E-state index contributed by atoms with van der Waals surface area (Å²) in [5.74, 6) is 1.64. The Labute approximate surface area is 168 Å². The van der Waals surface area contributed by atoms with Crippen LogP contribution in [0.3, 0.4) is 0 Å². The Morgan fingerprint density at radius 2 is 1.96 bits per heavy atom. The van der Waals surface area contributed by atoms with Crippen molar-refractivity contribution in [1.29, 1.82) is 0 Å². The van der Waals surface area contributed by atoms with Crippen molar-refractivity contribution in [2.75, 3.05) is 45.2 Å². The Kier molecular flexibility index (Phi) is 7.53. The number of piperidine rings is 1. The molecule has 28 heavy (non-hydrogen) atoms. The molecule has 2 aromatic rings. The highest BCUT2D eigenvalue weighted by molar-refractivity contribution is 5.79. The van der Waals surface area contributed by atoms with Gasteiger partial charge in [-0.2, -0.15) is 0 Å². The molecule has 1 fully saturated rings. The fraction of sp³-hybridized carbons (Fsp3) is 0.455. The molecule has 0 spiro atoms. The minimum absolute atomic E-state index is 0.559. The molecule has 0 unspecified atom stereocenters. The Hall–Kier alpha value is -2.76. The number of aromatic nitrogens is 1. The third-order valence-corrected chi connectivity index (χ3v) is 4.94. The number of guanidine groups is 1. The molecule has 1 aliphatic rings. The first-order valence-corrected chi connectivity index (χ1v) is 10.0. The van der Waals surface area contributed by atoms with Crippen molar-refractivity contribution in [2.24, 2.45) is 4.99 Å². The maximum Gasteiger partial charge on any atom is 0.193 e. The first-order valence-electron chi connectivity index (χ1n) is 10.0. The summed E-state index contributed by atoms with van der Waals surface area (Å²) in [4.78, 5) is 13.0. The second kappa shape index (κ2) is 10.5. The number of aliphatic imine (C=N–C) groups is 1. The number of ether oxygens (including phenoxy) is 1. The van der Waals surface area contributed by atoms with Crippen molar-refractivity contribution in [2.45, 2.75) is 25.8 Å². The van der Waals surface area contributed by atoms with Crippen molar-refractivity contribution in [1.82, 2.24) is 15.2 Å². The number of rotatable bonds is 7. The second-order valence-corrected chi connectivity index (χ2v) is 7.08. The second-order valence-electron chi connectivity index (χ2n) is 7.08. The standard InChI is InChI=1S/C22H31N5O/c1-23-22(25-13-16-28-21-7-6-12-24-17-21)26(2)18-19-8-10-20(11-9-19)27-14-4-3-5-15-27/h6-12,17H,3-5,13-16,18H2,1-2H3,(H,23,25). The molecule has 0 radical (unpaired) electrons. The van der Waals surface area contributed by atoms with Crippen LogP contribution in [-0.4, -0.2) is 56.2 Å². The highest BCUT2D eigenvalue weighted by Crippen LogP contribution is 2.20. The van der Waals surface area contributed by atoms with Gasteiger partial charge >= 0.3 is 0 Å². The molecular formula is C22H31N5O. The SMILES string of the molecule is CN=C(NCCOc1cccnc1)N(C)Cc1ccc(N2CCCCC2)cc1. The van der Waals surface area contributed by atoms with Crippen molar-refractivity contribution in [3.63, 3.8) is 0 Å². The number of hydrogen-bond acceptors (Lipinski definition) is 4. The molecule has 1 saturated heterocycles. The molecule has 0 saturated carbocycles. The van der Waals surface area contributed by atoms with E-state index in [0.29, 0.717) is 13.2 Å². The molecular weight excluding hydrogens is 350 g/mol. The molecule has 6 nitrogen and oxygen atoms in total. The molecule has 6 heteroatoms. The minimum atomic E-state index is 0.559. The van der Waals surface area contributed by atoms with Crippen LogP contribution in [0.15, 0.2) is 53.8 Å². The van der Waals surface area contributed by atoms with E-state index in [2.05, 4.69) is 56.4 Å². The van der Waals surface area contributed by atoms with Gasteiger partial charge in [-0.3, -0.25) is 9.98 Å². The number of benzene rings is 1. The Balaban J connectivity index is 1.44. The Morgan fingerprint density at radius 1 is 1.18 bits per heavy atom. The molecule has 1 aromatic heterocycles. The van der Waals surface area contributed by atoms with Crippen LogP contribution < -0.4 is 15.0 Å². The summed E-state index contributed by atoms with van der Waals surface area (Å²) in [7, 11) is 3.86. The maximum atomic E-state index is 5.67. The van der Waals surface area contributed by atoms with Crippen LogP contribution in [0.5, 0.6) is 5.75 Å². The van der Waals surface area contributed by atoms with Crippen molar-refractivity contribution in [3.8, 4) is 5.75 Å². The van der Waals surface area contributed by atoms with E-state index in [0.717, 1.165) is 18.3 Å². The summed E-state index contributed by atoms with van der Waals surface area (Å²) in [5, 5.41) is 3.35. The fourth-order valence-electron chi connectivity index (χ4n) is 3.46. The Bertz CT molecular complexity index is 726. The van der Waals surface area contributed by atoms with Gasteiger partial charge in [0.2, 0.25) is 0 Å². The topological polar surface area (TPSA) is 53.0 Å². The van der Waals surface area contributed by atoms with Crippen molar-refractivity contribution in [3.05, 3.63) is 54.4 Å². The number of pyridine rings is 1. The zero-order chi connectivity index (χ0) is 19.6. The van der Waals surface area contributed by atoms with Gasteiger partial charge in [-0.05, 0) is 49.1 Å². The third kappa shape index (κ3) is 5.87. The number of anilines is 1. The minimum Gasteiger partial charge on any atom is -0.490 e. The van der Waals surface area contributed by atoms with Gasteiger partial charge < -0.3 is 19.9 Å². The van der Waals surface area contributed by atoms with E-state index >= 15 is 0 Å².